The van der Waals surface area contributed by atoms with Crippen molar-refractivity contribution in [2.24, 2.45) is 5.92 Å². The van der Waals surface area contributed by atoms with Crippen LogP contribution in [0.5, 0.6) is 17.4 Å². The highest BCUT2D eigenvalue weighted by Crippen LogP contribution is 2.32. The minimum atomic E-state index is -4.47. The molecule has 4 aromatic rings. The van der Waals surface area contributed by atoms with Crippen LogP contribution in [0.25, 0.3) is 5.82 Å². The number of carbonyl (C=O) groups is 1. The Morgan fingerprint density at radius 3 is 2.42 bits per heavy atom. The zero-order chi connectivity index (χ0) is 30.8. The van der Waals surface area contributed by atoms with Gasteiger partial charge in [-0.05, 0) is 68.0 Å². The Bertz CT molecular complexity index is 1470. The fourth-order valence-corrected chi connectivity index (χ4v) is 4.41. The van der Waals surface area contributed by atoms with Crippen LogP contribution in [-0.4, -0.2) is 39.1 Å². The molecule has 0 saturated heterocycles. The van der Waals surface area contributed by atoms with Gasteiger partial charge in [-0.2, -0.15) is 13.2 Å². The molecule has 2 aromatic carbocycles. The molecule has 0 amide bonds. The Balaban J connectivity index is 1.43. The number of pyridine rings is 1. The first-order valence-corrected chi connectivity index (χ1v) is 14.1. The number of halogens is 3. The molecule has 228 valence electrons. The number of alkyl halides is 3. The highest BCUT2D eigenvalue weighted by Gasteiger charge is 2.30. The summed E-state index contributed by atoms with van der Waals surface area (Å²) in [6.45, 7) is 4.71. The normalized spacial score (nSPS) is 12.1. The number of rotatable bonds is 15. The third-order valence-electron chi connectivity index (χ3n) is 6.76. The molecule has 2 heterocycles. The smallest absolute Gasteiger partial charge is 0.417 e. The van der Waals surface area contributed by atoms with E-state index in [9.17, 15) is 23.1 Å². The molecule has 11 heteroatoms. The molecule has 43 heavy (non-hydrogen) atoms. The van der Waals surface area contributed by atoms with Gasteiger partial charge in [-0.3, -0.25) is 4.79 Å². The van der Waals surface area contributed by atoms with E-state index in [1.165, 1.54) is 10.7 Å². The fourth-order valence-electron chi connectivity index (χ4n) is 4.41. The van der Waals surface area contributed by atoms with Crippen molar-refractivity contribution in [2.45, 2.75) is 52.3 Å². The molecule has 4 rings (SSSR count). The summed E-state index contributed by atoms with van der Waals surface area (Å²) in [5.41, 5.74) is 1.76. The van der Waals surface area contributed by atoms with Gasteiger partial charge in [0.05, 0.1) is 24.7 Å². The van der Waals surface area contributed by atoms with Gasteiger partial charge < -0.3 is 19.3 Å². The first-order valence-electron chi connectivity index (χ1n) is 14.1. The summed E-state index contributed by atoms with van der Waals surface area (Å²) in [5, 5.41) is 13.9. The summed E-state index contributed by atoms with van der Waals surface area (Å²) in [4.78, 5) is 15.5. The second kappa shape index (κ2) is 14.6. The number of benzene rings is 2. The van der Waals surface area contributed by atoms with E-state index in [0.29, 0.717) is 62.9 Å². The monoisotopic (exact) mass is 597 g/mol. The zero-order valence-electron chi connectivity index (χ0n) is 24.0. The first-order chi connectivity index (χ1) is 20.7. The lowest BCUT2D eigenvalue weighted by molar-refractivity contribution is -0.142. The van der Waals surface area contributed by atoms with Crippen LogP contribution in [0.1, 0.15) is 48.9 Å². The lowest BCUT2D eigenvalue weighted by atomic mass is 9.97. The summed E-state index contributed by atoms with van der Waals surface area (Å²) >= 11 is 0. The molecular weight excluding hydrogens is 563 g/mol. The Morgan fingerprint density at radius 2 is 1.77 bits per heavy atom. The number of aliphatic carboxylic acids is 1. The molecule has 0 aliphatic rings. The third kappa shape index (κ3) is 8.73. The number of nitrogens with zero attached hydrogens (tertiary/aromatic N) is 3. The lowest BCUT2D eigenvalue weighted by Gasteiger charge is -2.16. The average molecular weight is 598 g/mol. The Morgan fingerprint density at radius 1 is 0.977 bits per heavy atom. The van der Waals surface area contributed by atoms with Crippen LogP contribution in [0, 0.1) is 5.92 Å². The standard InChI is InChI=1S/C32H34F3N3O5/c1-3-24(31(39)40)17-23-12-14-27(28(18-23)43-21-22-9-6-5-7-10-22)42-16-8-11-25-20-38(37-30(25)41-4-2)29-15-13-26(19-36-29)32(33,34)35/h5-7,9-10,12-15,18-20,24H,3-4,8,11,16-17,21H2,1-2H3,(H,39,40). The number of carboxylic acids is 1. The summed E-state index contributed by atoms with van der Waals surface area (Å²) in [7, 11) is 0. The molecule has 1 atom stereocenters. The van der Waals surface area contributed by atoms with E-state index in [4.69, 9.17) is 14.2 Å². The maximum absolute atomic E-state index is 12.9. The van der Waals surface area contributed by atoms with E-state index in [2.05, 4.69) is 10.1 Å². The fraction of sp³-hybridized carbons (Fsp3) is 0.344. The van der Waals surface area contributed by atoms with Crippen LogP contribution in [0.15, 0.2) is 73.1 Å². The number of hydrogen-bond acceptors (Lipinski definition) is 6. The van der Waals surface area contributed by atoms with E-state index in [0.717, 1.165) is 29.0 Å². The molecule has 0 aliphatic carbocycles. The second-order valence-corrected chi connectivity index (χ2v) is 9.89. The van der Waals surface area contributed by atoms with E-state index >= 15 is 0 Å². The predicted molar refractivity (Wildman–Crippen MR) is 154 cm³/mol. The molecule has 1 unspecified atom stereocenters. The molecular formula is C32H34F3N3O5. The van der Waals surface area contributed by atoms with Crippen molar-refractivity contribution in [2.75, 3.05) is 13.2 Å². The van der Waals surface area contributed by atoms with Crippen molar-refractivity contribution in [3.63, 3.8) is 0 Å². The van der Waals surface area contributed by atoms with Crippen LogP contribution in [0.3, 0.4) is 0 Å². The molecule has 0 saturated carbocycles. The quantitative estimate of drug-likeness (QED) is 0.149. The topological polar surface area (TPSA) is 95.7 Å². The van der Waals surface area contributed by atoms with Gasteiger partial charge in [0, 0.05) is 18.0 Å². The molecule has 0 aliphatic heterocycles. The van der Waals surface area contributed by atoms with E-state index < -0.39 is 23.6 Å². The highest BCUT2D eigenvalue weighted by molar-refractivity contribution is 5.70. The summed E-state index contributed by atoms with van der Waals surface area (Å²) in [5.74, 6) is 0.357. The van der Waals surface area contributed by atoms with Crippen molar-refractivity contribution < 1.29 is 37.3 Å². The highest BCUT2D eigenvalue weighted by atomic mass is 19.4. The van der Waals surface area contributed by atoms with Gasteiger partial charge in [0.25, 0.3) is 0 Å². The molecule has 0 bridgehead atoms. The van der Waals surface area contributed by atoms with Crippen LogP contribution in [0.4, 0.5) is 13.2 Å². The molecule has 0 fully saturated rings. The number of aryl methyl sites for hydroxylation is 1. The minimum Gasteiger partial charge on any atom is -0.490 e. The van der Waals surface area contributed by atoms with Gasteiger partial charge in [-0.1, -0.05) is 43.3 Å². The van der Waals surface area contributed by atoms with Gasteiger partial charge in [0.2, 0.25) is 5.88 Å². The first kappa shape index (κ1) is 31.4. The number of hydrogen-bond donors (Lipinski definition) is 1. The van der Waals surface area contributed by atoms with Crippen molar-refractivity contribution in [3.8, 4) is 23.2 Å². The van der Waals surface area contributed by atoms with Crippen LogP contribution in [0.2, 0.25) is 0 Å². The summed E-state index contributed by atoms with van der Waals surface area (Å²) in [6.07, 6.45) is 0.0113. The van der Waals surface area contributed by atoms with Gasteiger partial charge >= 0.3 is 12.1 Å². The molecule has 8 nitrogen and oxygen atoms in total. The molecule has 0 spiro atoms. The van der Waals surface area contributed by atoms with E-state index in [1.54, 1.807) is 12.3 Å². The van der Waals surface area contributed by atoms with Crippen molar-refractivity contribution in [1.29, 1.82) is 0 Å². The average Bonchev–Trinajstić information content (AvgIpc) is 3.40. The van der Waals surface area contributed by atoms with Crippen LogP contribution >= 0.6 is 0 Å². The Kier molecular flexibility index (Phi) is 10.6. The lowest BCUT2D eigenvalue weighted by Crippen LogP contribution is -2.15. The van der Waals surface area contributed by atoms with Crippen LogP contribution in [-0.2, 0) is 30.4 Å². The summed E-state index contributed by atoms with van der Waals surface area (Å²) in [6, 6.07) is 17.4. The largest absolute Gasteiger partial charge is 0.490 e. The zero-order valence-corrected chi connectivity index (χ0v) is 24.0. The van der Waals surface area contributed by atoms with Gasteiger partial charge in [0.15, 0.2) is 17.3 Å². The molecule has 2 aromatic heterocycles. The predicted octanol–water partition coefficient (Wildman–Crippen LogP) is 6.93. The molecule has 1 N–H and O–H groups in total. The Hall–Kier alpha value is -4.54. The van der Waals surface area contributed by atoms with Gasteiger partial charge in [-0.15, -0.1) is 5.10 Å². The number of aromatic nitrogens is 3. The Labute approximate surface area is 248 Å². The number of carboxylic acid groups (broad SMARTS) is 1. The molecule has 0 radical (unpaired) electrons. The van der Waals surface area contributed by atoms with Crippen LogP contribution < -0.4 is 14.2 Å². The van der Waals surface area contributed by atoms with Gasteiger partial charge in [0.1, 0.15) is 6.61 Å². The second-order valence-electron chi connectivity index (χ2n) is 9.89. The SMILES string of the molecule is CCOc1nn(-c2ccc(C(F)(F)F)cn2)cc1CCCOc1ccc(CC(CC)C(=O)O)cc1OCc1ccccc1. The minimum absolute atomic E-state index is 0.241. The van der Waals surface area contributed by atoms with Gasteiger partial charge in [-0.25, -0.2) is 9.67 Å². The maximum Gasteiger partial charge on any atom is 0.417 e. The van der Waals surface area contributed by atoms with Crippen molar-refractivity contribution in [3.05, 3.63) is 95.3 Å². The third-order valence-corrected chi connectivity index (χ3v) is 6.76. The van der Waals surface area contributed by atoms with Crippen molar-refractivity contribution in [1.82, 2.24) is 14.8 Å². The van der Waals surface area contributed by atoms with Crippen molar-refractivity contribution >= 4 is 5.97 Å². The maximum atomic E-state index is 12.9. The number of ether oxygens (including phenoxy) is 3. The van der Waals surface area contributed by atoms with E-state index in [-0.39, 0.29) is 5.82 Å². The van der Waals surface area contributed by atoms with E-state index in [1.807, 2.05) is 56.3 Å². The summed E-state index contributed by atoms with van der Waals surface area (Å²) < 4.78 is 58.0.